The van der Waals surface area contributed by atoms with Gasteiger partial charge in [-0.25, -0.2) is 0 Å². The largest absolute Gasteiger partial charge is 0.330 e. The van der Waals surface area contributed by atoms with Crippen LogP contribution < -0.4 is 5.73 Å². The molecule has 0 heterocycles. The highest BCUT2D eigenvalue weighted by atomic mass is 15.3. The Balaban J connectivity index is 3.27. The van der Waals surface area contributed by atoms with Crippen molar-refractivity contribution in [1.29, 1.82) is 0 Å². The molecule has 27 heavy (non-hydrogen) atoms. The molecule has 0 bridgehead atoms. The molecular formula is C25H55N2+. The lowest BCUT2D eigenvalue weighted by Crippen LogP contribution is -2.48. The SMILES string of the molecule is CCCCCCCCCCCCCCCCCCC(C)[N+](C)(C)CCCN. The predicted octanol–water partition coefficient (Wildman–Crippen LogP) is 7.45. The van der Waals surface area contributed by atoms with Gasteiger partial charge in [0, 0.05) is 6.42 Å². The molecule has 1 unspecified atom stereocenters. The molecule has 2 heteroatoms. The second kappa shape index (κ2) is 19.2. The number of nitrogens with zero attached hydrogens (tertiary/aromatic N) is 1. The zero-order chi connectivity index (χ0) is 20.2. The fourth-order valence-electron chi connectivity index (χ4n) is 4.06. The minimum Gasteiger partial charge on any atom is -0.330 e. The second-order valence-corrected chi connectivity index (χ2v) is 9.59. The van der Waals surface area contributed by atoms with Crippen molar-refractivity contribution in [3.05, 3.63) is 0 Å². The van der Waals surface area contributed by atoms with E-state index in [2.05, 4.69) is 27.9 Å². The zero-order valence-electron chi connectivity index (χ0n) is 19.7. The van der Waals surface area contributed by atoms with E-state index in [0.717, 1.165) is 23.5 Å². The lowest BCUT2D eigenvalue weighted by Gasteiger charge is -2.36. The van der Waals surface area contributed by atoms with Gasteiger partial charge in [0.05, 0.1) is 26.7 Å². The molecule has 2 N–H and O–H groups in total. The molecule has 0 aromatic carbocycles. The third-order valence-electron chi connectivity index (χ3n) is 6.61. The number of nitrogens with two attached hydrogens (primary N) is 1. The summed E-state index contributed by atoms with van der Waals surface area (Å²) < 4.78 is 1.13. The van der Waals surface area contributed by atoms with E-state index in [9.17, 15) is 0 Å². The first-order valence-electron chi connectivity index (χ1n) is 12.6. The second-order valence-electron chi connectivity index (χ2n) is 9.59. The number of quaternary nitrogens is 1. The molecule has 0 amide bonds. The Labute approximate surface area is 173 Å². The first-order valence-corrected chi connectivity index (χ1v) is 12.6. The Bertz CT molecular complexity index is 288. The molecule has 0 saturated heterocycles. The van der Waals surface area contributed by atoms with Gasteiger partial charge in [-0.3, -0.25) is 0 Å². The highest BCUT2D eigenvalue weighted by molar-refractivity contribution is 4.55. The van der Waals surface area contributed by atoms with Crippen LogP contribution in [0.25, 0.3) is 0 Å². The van der Waals surface area contributed by atoms with Crippen molar-refractivity contribution >= 4 is 0 Å². The summed E-state index contributed by atoms with van der Waals surface area (Å²) in [4.78, 5) is 0. The van der Waals surface area contributed by atoms with Crippen molar-refractivity contribution in [3.63, 3.8) is 0 Å². The summed E-state index contributed by atoms with van der Waals surface area (Å²) in [5.74, 6) is 0. The Morgan fingerprint density at radius 1 is 0.593 bits per heavy atom. The highest BCUT2D eigenvalue weighted by Gasteiger charge is 2.22. The van der Waals surface area contributed by atoms with Gasteiger partial charge < -0.3 is 10.2 Å². The third-order valence-corrected chi connectivity index (χ3v) is 6.61. The minimum atomic E-state index is 0.767. The number of rotatable bonds is 21. The molecule has 0 saturated carbocycles. The van der Waals surface area contributed by atoms with Gasteiger partial charge in [-0.2, -0.15) is 0 Å². The topological polar surface area (TPSA) is 26.0 Å². The summed E-state index contributed by atoms with van der Waals surface area (Å²) in [7, 11) is 4.74. The molecule has 0 radical (unpaired) electrons. The number of unbranched alkanes of at least 4 members (excludes halogenated alkanes) is 15. The van der Waals surface area contributed by atoms with E-state index in [0.29, 0.717) is 0 Å². The number of hydrogen-bond donors (Lipinski definition) is 1. The number of hydrogen-bond acceptors (Lipinski definition) is 1. The van der Waals surface area contributed by atoms with Gasteiger partial charge in [-0.05, 0) is 26.3 Å². The molecule has 0 aromatic heterocycles. The van der Waals surface area contributed by atoms with Gasteiger partial charge in [0.2, 0.25) is 0 Å². The summed E-state index contributed by atoms with van der Waals surface area (Å²) in [5.41, 5.74) is 5.67. The van der Waals surface area contributed by atoms with Crippen LogP contribution in [-0.4, -0.2) is 37.7 Å². The van der Waals surface area contributed by atoms with E-state index >= 15 is 0 Å². The van der Waals surface area contributed by atoms with E-state index in [1.807, 2.05) is 0 Å². The first kappa shape index (κ1) is 26.9. The fraction of sp³-hybridized carbons (Fsp3) is 1.00. The van der Waals surface area contributed by atoms with Crippen molar-refractivity contribution in [2.75, 3.05) is 27.2 Å². The average molecular weight is 384 g/mol. The maximum atomic E-state index is 5.67. The van der Waals surface area contributed by atoms with E-state index in [-0.39, 0.29) is 0 Å². The van der Waals surface area contributed by atoms with Crippen LogP contribution in [0.4, 0.5) is 0 Å². The van der Waals surface area contributed by atoms with Crippen LogP contribution >= 0.6 is 0 Å². The summed E-state index contributed by atoms with van der Waals surface area (Å²) >= 11 is 0. The van der Waals surface area contributed by atoms with Crippen molar-refractivity contribution in [2.45, 2.75) is 135 Å². The van der Waals surface area contributed by atoms with Crippen molar-refractivity contribution in [1.82, 2.24) is 0 Å². The lowest BCUT2D eigenvalue weighted by molar-refractivity contribution is -0.913. The van der Waals surface area contributed by atoms with E-state index in [1.54, 1.807) is 0 Å². The van der Waals surface area contributed by atoms with Crippen molar-refractivity contribution in [2.24, 2.45) is 5.73 Å². The summed E-state index contributed by atoms with van der Waals surface area (Å²) in [5, 5.41) is 0. The molecule has 0 rings (SSSR count). The Hall–Kier alpha value is -0.0800. The molecule has 0 aromatic rings. The van der Waals surface area contributed by atoms with Crippen molar-refractivity contribution in [3.8, 4) is 0 Å². The van der Waals surface area contributed by atoms with Crippen LogP contribution in [-0.2, 0) is 0 Å². The predicted molar refractivity (Wildman–Crippen MR) is 124 cm³/mol. The first-order chi connectivity index (χ1) is 13.0. The highest BCUT2D eigenvalue weighted by Crippen LogP contribution is 2.17. The summed E-state index contributed by atoms with van der Waals surface area (Å²) in [6.45, 7) is 6.76. The van der Waals surface area contributed by atoms with Crippen LogP contribution in [0.15, 0.2) is 0 Å². The summed E-state index contributed by atoms with van der Waals surface area (Å²) in [6, 6.07) is 0.767. The monoisotopic (exact) mass is 383 g/mol. The molecule has 0 aliphatic heterocycles. The van der Waals surface area contributed by atoms with Gasteiger partial charge in [0.15, 0.2) is 0 Å². The minimum absolute atomic E-state index is 0.767. The lowest BCUT2D eigenvalue weighted by atomic mass is 10.0. The van der Waals surface area contributed by atoms with Gasteiger partial charge in [-0.1, -0.05) is 103 Å². The summed E-state index contributed by atoms with van der Waals surface area (Å²) in [6.07, 6.45) is 25.8. The molecule has 0 fully saturated rings. The van der Waals surface area contributed by atoms with Crippen LogP contribution in [0.2, 0.25) is 0 Å². The van der Waals surface area contributed by atoms with Gasteiger partial charge in [0.1, 0.15) is 0 Å². The smallest absolute Gasteiger partial charge is 0.0857 e. The quantitative estimate of drug-likeness (QED) is 0.162. The zero-order valence-corrected chi connectivity index (χ0v) is 19.7. The molecular weight excluding hydrogens is 328 g/mol. The fourth-order valence-corrected chi connectivity index (χ4v) is 4.06. The van der Waals surface area contributed by atoms with Crippen LogP contribution in [0.5, 0.6) is 0 Å². The Kier molecular flexibility index (Phi) is 19.2. The molecule has 0 aliphatic carbocycles. The average Bonchev–Trinajstić information content (AvgIpc) is 2.65. The van der Waals surface area contributed by atoms with Crippen LogP contribution in [0.1, 0.15) is 129 Å². The van der Waals surface area contributed by atoms with Gasteiger partial charge in [-0.15, -0.1) is 0 Å². The molecule has 164 valence electrons. The molecule has 2 nitrogen and oxygen atoms in total. The third kappa shape index (κ3) is 17.7. The van der Waals surface area contributed by atoms with E-state index in [1.165, 1.54) is 116 Å². The molecule has 0 spiro atoms. The molecule has 0 aliphatic rings. The van der Waals surface area contributed by atoms with Gasteiger partial charge >= 0.3 is 0 Å². The maximum absolute atomic E-state index is 5.67. The normalized spacial score (nSPS) is 13.2. The Morgan fingerprint density at radius 2 is 0.963 bits per heavy atom. The standard InChI is InChI=1S/C25H55N2/c1-5-6-7-8-9-10-11-12-13-14-15-16-17-18-19-20-22-25(2)27(3,4)24-21-23-26/h25H,5-24,26H2,1-4H3/q+1. The van der Waals surface area contributed by atoms with E-state index in [4.69, 9.17) is 5.73 Å². The van der Waals surface area contributed by atoms with Crippen molar-refractivity contribution < 1.29 is 4.48 Å². The maximum Gasteiger partial charge on any atom is 0.0857 e. The van der Waals surface area contributed by atoms with E-state index < -0.39 is 0 Å². The molecule has 1 atom stereocenters. The van der Waals surface area contributed by atoms with Crippen LogP contribution in [0, 0.1) is 0 Å². The Morgan fingerprint density at radius 3 is 1.33 bits per heavy atom. The van der Waals surface area contributed by atoms with Gasteiger partial charge in [0.25, 0.3) is 0 Å². The van der Waals surface area contributed by atoms with Crippen LogP contribution in [0.3, 0.4) is 0 Å².